The number of rotatable bonds is 9. The molecule has 12 heteroatoms. The molecular weight excluding hydrogens is 515 g/mol. The molecule has 0 atom stereocenters. The first kappa shape index (κ1) is 27.5. The number of nitrogen functional groups attached to an aromatic ring is 1. The van der Waals surface area contributed by atoms with Gasteiger partial charge in [0.15, 0.2) is 5.88 Å². The van der Waals surface area contributed by atoms with E-state index in [1.54, 1.807) is 50.2 Å². The smallest absolute Gasteiger partial charge is 0.398 e. The third-order valence-electron chi connectivity index (χ3n) is 5.44. The average molecular weight is 542 g/mol. The van der Waals surface area contributed by atoms with Crippen molar-refractivity contribution in [3.8, 4) is 0 Å². The summed E-state index contributed by atoms with van der Waals surface area (Å²) < 4.78 is 96.1. The summed E-state index contributed by atoms with van der Waals surface area (Å²) in [6.45, 7) is 3.35. The number of nitrogens with two attached hydrogens (primary N) is 1. The van der Waals surface area contributed by atoms with E-state index in [-0.39, 0.29) is 18.8 Å². The Bertz CT molecular complexity index is 1430. The van der Waals surface area contributed by atoms with Gasteiger partial charge in [-0.1, -0.05) is 49.4 Å². The van der Waals surface area contributed by atoms with E-state index in [1.807, 2.05) is 0 Å². The fraction of sp³-hybridized carbons (Fsp3) is 0.250. The first-order valence-corrected chi connectivity index (χ1v) is 13.9. The number of benzene rings is 3. The second kappa shape index (κ2) is 10.5. The zero-order valence-electron chi connectivity index (χ0n) is 19.6. The fourth-order valence-electron chi connectivity index (χ4n) is 3.56. The lowest BCUT2D eigenvalue weighted by molar-refractivity contribution is -0.137. The molecule has 0 fully saturated rings. The minimum Gasteiger partial charge on any atom is -0.398 e. The largest absolute Gasteiger partial charge is 0.418 e. The summed E-state index contributed by atoms with van der Waals surface area (Å²) in [7, 11) is -8.98. The van der Waals surface area contributed by atoms with Gasteiger partial charge in [0.2, 0.25) is 10.0 Å². The lowest BCUT2D eigenvalue weighted by atomic mass is 10.2. The standard InChI is InChI=1S/C24H26F3N3O4S2/c1-3-29(16-19-9-5-4-6-10-19)35(31,32)17-30(20-11-7-8-18(2)14-20)36(33,34)21-12-13-23(28)22(15-21)24(25,26)27/h4-15H,3,16-17,28H2,1-2H3. The lowest BCUT2D eigenvalue weighted by Gasteiger charge is -2.28. The predicted octanol–water partition coefficient (Wildman–Crippen LogP) is 4.60. The van der Waals surface area contributed by atoms with Crippen LogP contribution in [0.25, 0.3) is 0 Å². The third kappa shape index (κ3) is 6.18. The van der Waals surface area contributed by atoms with E-state index in [2.05, 4.69) is 0 Å². The number of anilines is 2. The Kier molecular flexibility index (Phi) is 8.01. The SMILES string of the molecule is CCN(Cc1ccccc1)S(=O)(=O)CN(c1cccc(C)c1)S(=O)(=O)c1ccc(N)c(C(F)(F)F)c1. The molecule has 0 spiro atoms. The summed E-state index contributed by atoms with van der Waals surface area (Å²) in [5.74, 6) is -1.01. The highest BCUT2D eigenvalue weighted by molar-refractivity contribution is 7.95. The van der Waals surface area contributed by atoms with Crippen LogP contribution in [0.2, 0.25) is 0 Å². The predicted molar refractivity (Wildman–Crippen MR) is 133 cm³/mol. The molecule has 3 rings (SSSR count). The number of aryl methyl sites for hydroxylation is 1. The van der Waals surface area contributed by atoms with Gasteiger partial charge in [0.1, 0.15) is 0 Å². The van der Waals surface area contributed by atoms with Crippen LogP contribution in [0.5, 0.6) is 0 Å². The van der Waals surface area contributed by atoms with Gasteiger partial charge in [-0.2, -0.15) is 17.5 Å². The quantitative estimate of drug-likeness (QED) is 0.399. The number of hydrogen-bond donors (Lipinski definition) is 1. The van der Waals surface area contributed by atoms with Crippen LogP contribution < -0.4 is 10.0 Å². The summed E-state index contributed by atoms with van der Waals surface area (Å²) in [4.78, 5) is -0.730. The molecule has 0 bridgehead atoms. The maximum Gasteiger partial charge on any atom is 0.418 e. The minimum absolute atomic E-state index is 0.000257. The van der Waals surface area contributed by atoms with Gasteiger partial charge in [0.25, 0.3) is 10.0 Å². The van der Waals surface area contributed by atoms with Gasteiger partial charge >= 0.3 is 6.18 Å². The van der Waals surface area contributed by atoms with E-state index in [9.17, 15) is 30.0 Å². The second-order valence-corrected chi connectivity index (χ2v) is 11.9. The summed E-state index contributed by atoms with van der Waals surface area (Å²) in [6.07, 6.45) is -4.90. The number of halogens is 3. The Labute approximate surface area is 209 Å². The zero-order chi connectivity index (χ0) is 26.7. The molecule has 0 saturated heterocycles. The Hall–Kier alpha value is -3.09. The second-order valence-electron chi connectivity index (χ2n) is 8.09. The van der Waals surface area contributed by atoms with Crippen molar-refractivity contribution < 1.29 is 30.0 Å². The first-order valence-electron chi connectivity index (χ1n) is 10.8. The van der Waals surface area contributed by atoms with Gasteiger partial charge in [-0.05, 0) is 48.4 Å². The van der Waals surface area contributed by atoms with E-state index in [4.69, 9.17) is 5.73 Å². The maximum absolute atomic E-state index is 13.6. The molecule has 0 heterocycles. The highest BCUT2D eigenvalue weighted by Crippen LogP contribution is 2.36. The van der Waals surface area contributed by atoms with Crippen LogP contribution in [-0.2, 0) is 32.8 Å². The molecule has 0 unspecified atom stereocenters. The van der Waals surface area contributed by atoms with Gasteiger partial charge < -0.3 is 5.73 Å². The molecule has 0 saturated carbocycles. The van der Waals surface area contributed by atoms with E-state index in [0.29, 0.717) is 21.5 Å². The van der Waals surface area contributed by atoms with Crippen LogP contribution in [0.3, 0.4) is 0 Å². The van der Waals surface area contributed by atoms with E-state index in [1.165, 1.54) is 18.2 Å². The molecule has 0 amide bonds. The van der Waals surface area contributed by atoms with Crippen molar-refractivity contribution in [3.05, 3.63) is 89.5 Å². The van der Waals surface area contributed by atoms with E-state index in [0.717, 1.165) is 16.4 Å². The van der Waals surface area contributed by atoms with Crippen molar-refractivity contribution in [3.63, 3.8) is 0 Å². The zero-order valence-corrected chi connectivity index (χ0v) is 21.2. The fourth-order valence-corrected chi connectivity index (χ4v) is 7.01. The molecule has 2 N–H and O–H groups in total. The Morgan fingerprint density at radius 3 is 2.14 bits per heavy atom. The Balaban J connectivity index is 2.10. The van der Waals surface area contributed by atoms with E-state index >= 15 is 0 Å². The van der Waals surface area contributed by atoms with Crippen molar-refractivity contribution in [1.82, 2.24) is 4.31 Å². The monoisotopic (exact) mass is 541 g/mol. The maximum atomic E-state index is 13.6. The molecule has 0 aliphatic carbocycles. The van der Waals surface area contributed by atoms with Crippen LogP contribution >= 0.6 is 0 Å². The van der Waals surface area contributed by atoms with Gasteiger partial charge in [-0.15, -0.1) is 0 Å². The van der Waals surface area contributed by atoms with Crippen LogP contribution in [0, 0.1) is 6.92 Å². The number of sulfonamides is 2. The summed E-state index contributed by atoms with van der Waals surface area (Å²) in [6, 6.07) is 17.0. The number of alkyl halides is 3. The van der Waals surface area contributed by atoms with Gasteiger partial charge in [-0.25, -0.2) is 21.1 Å². The topological polar surface area (TPSA) is 101 Å². The van der Waals surface area contributed by atoms with Crippen molar-refractivity contribution in [2.24, 2.45) is 0 Å². The van der Waals surface area contributed by atoms with Crippen LogP contribution in [-0.4, -0.2) is 33.6 Å². The number of nitrogens with zero attached hydrogens (tertiary/aromatic N) is 2. The number of hydrogen-bond acceptors (Lipinski definition) is 5. The molecule has 0 aromatic heterocycles. The van der Waals surface area contributed by atoms with Gasteiger partial charge in [-0.3, -0.25) is 0 Å². The average Bonchev–Trinajstić information content (AvgIpc) is 2.81. The molecule has 3 aromatic carbocycles. The molecule has 0 aliphatic rings. The van der Waals surface area contributed by atoms with Crippen LogP contribution in [0.4, 0.5) is 24.5 Å². The summed E-state index contributed by atoms with van der Waals surface area (Å²) in [5, 5.41) is 0. The summed E-state index contributed by atoms with van der Waals surface area (Å²) >= 11 is 0. The molecule has 0 aliphatic heterocycles. The highest BCUT2D eigenvalue weighted by atomic mass is 32.2. The van der Waals surface area contributed by atoms with Gasteiger partial charge in [0, 0.05) is 18.8 Å². The highest BCUT2D eigenvalue weighted by Gasteiger charge is 2.37. The molecule has 0 radical (unpaired) electrons. The van der Waals surface area contributed by atoms with E-state index < -0.39 is 48.2 Å². The molecule has 7 nitrogen and oxygen atoms in total. The minimum atomic E-state index is -4.90. The van der Waals surface area contributed by atoms with Crippen molar-refractivity contribution >= 4 is 31.4 Å². The van der Waals surface area contributed by atoms with Crippen LogP contribution in [0.15, 0.2) is 77.7 Å². The molecular formula is C24H26F3N3O4S2. The van der Waals surface area contributed by atoms with Gasteiger partial charge in [0.05, 0.1) is 16.1 Å². The summed E-state index contributed by atoms with van der Waals surface area (Å²) in [5.41, 5.74) is 4.79. The first-order chi connectivity index (χ1) is 16.8. The van der Waals surface area contributed by atoms with Crippen LogP contribution in [0.1, 0.15) is 23.6 Å². The molecule has 3 aromatic rings. The Morgan fingerprint density at radius 2 is 1.56 bits per heavy atom. The van der Waals surface area contributed by atoms with Crippen molar-refractivity contribution in [1.29, 1.82) is 0 Å². The van der Waals surface area contributed by atoms with Crippen molar-refractivity contribution in [2.75, 3.05) is 22.5 Å². The molecule has 36 heavy (non-hydrogen) atoms. The third-order valence-corrected chi connectivity index (χ3v) is 9.13. The lowest BCUT2D eigenvalue weighted by Crippen LogP contribution is -2.42. The Morgan fingerprint density at radius 1 is 0.889 bits per heavy atom. The van der Waals surface area contributed by atoms with Crippen molar-refractivity contribution in [2.45, 2.75) is 31.5 Å². The normalized spacial score (nSPS) is 12.6. The molecule has 194 valence electrons.